The maximum absolute atomic E-state index is 13.1. The number of nitrogens with one attached hydrogen (secondary N) is 1. The van der Waals surface area contributed by atoms with Gasteiger partial charge in [0.25, 0.3) is 0 Å². The second kappa shape index (κ2) is 4.29. The molecule has 2 aliphatic rings. The van der Waals surface area contributed by atoms with Crippen LogP contribution in [0, 0.1) is 17.7 Å². The molecule has 3 unspecified atom stereocenters. The first-order valence-corrected chi connectivity index (χ1v) is 6.90. The number of hydrogen-bond acceptors (Lipinski definition) is 1. The summed E-state index contributed by atoms with van der Waals surface area (Å²) in [6, 6.07) is 3.21. The summed E-state index contributed by atoms with van der Waals surface area (Å²) in [5, 5.41) is 3.85. The lowest BCUT2D eigenvalue weighted by Gasteiger charge is -2.41. The highest BCUT2D eigenvalue weighted by Crippen LogP contribution is 2.45. The molecule has 1 aromatic carbocycles. The van der Waals surface area contributed by atoms with Crippen LogP contribution in [-0.2, 0) is 0 Å². The Balaban J connectivity index is 1.79. The Hall–Kier alpha value is -0.540. The molecule has 2 aliphatic carbocycles. The fourth-order valence-corrected chi connectivity index (χ4v) is 3.67. The average Bonchev–Trinajstić information content (AvgIpc) is 2.58. The molecule has 90 valence electrons. The molecule has 0 heterocycles. The number of benzene rings is 1. The van der Waals surface area contributed by atoms with Crippen LogP contribution in [0.4, 0.5) is 10.1 Å². The van der Waals surface area contributed by atoms with E-state index in [1.165, 1.54) is 18.6 Å². The molecule has 17 heavy (non-hydrogen) atoms. The number of halogens is 3. The quantitative estimate of drug-likeness (QED) is 0.785. The van der Waals surface area contributed by atoms with Gasteiger partial charge in [-0.1, -0.05) is 23.8 Å². The molecular formula is C13H12BrClFN. The number of allylic oxidation sites excluding steroid dienone is 1. The highest BCUT2D eigenvalue weighted by Gasteiger charge is 2.41. The molecule has 1 nitrogen and oxygen atoms in total. The van der Waals surface area contributed by atoms with Crippen LogP contribution in [0.1, 0.15) is 12.8 Å². The molecule has 1 saturated carbocycles. The molecule has 1 N–H and O–H groups in total. The third-order valence-electron chi connectivity index (χ3n) is 3.70. The predicted molar refractivity (Wildman–Crippen MR) is 71.9 cm³/mol. The third kappa shape index (κ3) is 2.00. The molecule has 0 aromatic heterocycles. The van der Waals surface area contributed by atoms with Gasteiger partial charge in [0, 0.05) is 16.4 Å². The highest BCUT2D eigenvalue weighted by atomic mass is 79.9. The van der Waals surface area contributed by atoms with Crippen molar-refractivity contribution in [2.75, 3.05) is 5.32 Å². The zero-order chi connectivity index (χ0) is 12.0. The van der Waals surface area contributed by atoms with Gasteiger partial charge in [-0.05, 0) is 46.8 Å². The van der Waals surface area contributed by atoms with Gasteiger partial charge in [0.15, 0.2) is 0 Å². The normalized spacial score (nSPS) is 29.9. The van der Waals surface area contributed by atoms with Gasteiger partial charge >= 0.3 is 0 Å². The molecule has 3 rings (SSSR count). The summed E-state index contributed by atoms with van der Waals surface area (Å²) in [5.41, 5.74) is 0.803. The fraction of sp³-hybridized carbons (Fsp3) is 0.385. The zero-order valence-corrected chi connectivity index (χ0v) is 11.4. The molecule has 3 atom stereocenters. The lowest BCUT2D eigenvalue weighted by Crippen LogP contribution is -2.43. The van der Waals surface area contributed by atoms with E-state index in [0.29, 0.717) is 21.5 Å². The summed E-state index contributed by atoms with van der Waals surface area (Å²) in [4.78, 5) is 0. The Morgan fingerprint density at radius 2 is 2.24 bits per heavy atom. The zero-order valence-electron chi connectivity index (χ0n) is 9.09. The van der Waals surface area contributed by atoms with Crippen molar-refractivity contribution in [1.29, 1.82) is 0 Å². The maximum atomic E-state index is 13.1. The summed E-state index contributed by atoms with van der Waals surface area (Å²) in [7, 11) is 0. The summed E-state index contributed by atoms with van der Waals surface area (Å²) in [5.74, 6) is 1.09. The van der Waals surface area contributed by atoms with E-state index in [2.05, 4.69) is 33.4 Å². The summed E-state index contributed by atoms with van der Waals surface area (Å²) in [6.45, 7) is 0. The number of fused-ring (bicyclic) bond motifs is 1. The van der Waals surface area contributed by atoms with Gasteiger partial charge in [0.1, 0.15) is 5.82 Å². The Morgan fingerprint density at radius 3 is 2.94 bits per heavy atom. The van der Waals surface area contributed by atoms with Gasteiger partial charge < -0.3 is 5.32 Å². The molecule has 0 amide bonds. The first kappa shape index (κ1) is 11.5. The van der Waals surface area contributed by atoms with Crippen molar-refractivity contribution in [2.24, 2.45) is 11.8 Å². The highest BCUT2D eigenvalue weighted by molar-refractivity contribution is 9.10. The van der Waals surface area contributed by atoms with Crippen molar-refractivity contribution < 1.29 is 4.39 Å². The van der Waals surface area contributed by atoms with Crippen LogP contribution in [-0.4, -0.2) is 6.04 Å². The standard InChI is InChI=1S/C13H12BrClFN/c14-10-5-8(16)6-11(15)13(10)17-12-4-7-2-1-3-9(7)12/h1,3,5-7,9,12,17H,2,4H2. The molecule has 0 saturated heterocycles. The van der Waals surface area contributed by atoms with E-state index >= 15 is 0 Å². The van der Waals surface area contributed by atoms with Crippen LogP contribution in [0.15, 0.2) is 28.8 Å². The van der Waals surface area contributed by atoms with Crippen molar-refractivity contribution in [3.63, 3.8) is 0 Å². The van der Waals surface area contributed by atoms with Crippen LogP contribution in [0.2, 0.25) is 5.02 Å². The van der Waals surface area contributed by atoms with Crippen molar-refractivity contribution in [3.05, 3.63) is 39.6 Å². The molecule has 1 aromatic rings. The van der Waals surface area contributed by atoms with Crippen LogP contribution >= 0.6 is 27.5 Å². The summed E-state index contributed by atoms with van der Waals surface area (Å²) >= 11 is 9.40. The molecule has 0 spiro atoms. The Bertz CT molecular complexity index is 465. The minimum absolute atomic E-state index is 0.320. The maximum Gasteiger partial charge on any atom is 0.125 e. The van der Waals surface area contributed by atoms with Crippen molar-refractivity contribution in [2.45, 2.75) is 18.9 Å². The SMILES string of the molecule is Fc1cc(Cl)c(NC2CC3CC=CC32)c(Br)c1. The molecule has 0 aliphatic heterocycles. The van der Waals surface area contributed by atoms with Crippen LogP contribution < -0.4 is 5.32 Å². The Morgan fingerprint density at radius 1 is 1.41 bits per heavy atom. The van der Waals surface area contributed by atoms with E-state index in [-0.39, 0.29) is 5.82 Å². The summed E-state index contributed by atoms with van der Waals surface area (Å²) < 4.78 is 13.8. The number of rotatable bonds is 2. The molecular weight excluding hydrogens is 305 g/mol. The van der Waals surface area contributed by atoms with Crippen LogP contribution in [0.5, 0.6) is 0 Å². The van der Waals surface area contributed by atoms with Gasteiger partial charge in [0.2, 0.25) is 0 Å². The second-order valence-electron chi connectivity index (χ2n) is 4.73. The average molecular weight is 317 g/mol. The molecule has 1 fully saturated rings. The molecule has 0 radical (unpaired) electrons. The second-order valence-corrected chi connectivity index (χ2v) is 5.99. The van der Waals surface area contributed by atoms with Crippen LogP contribution in [0.3, 0.4) is 0 Å². The topological polar surface area (TPSA) is 12.0 Å². The van der Waals surface area contributed by atoms with Crippen LogP contribution in [0.25, 0.3) is 0 Å². The van der Waals surface area contributed by atoms with E-state index in [0.717, 1.165) is 18.0 Å². The minimum atomic E-state index is -0.320. The van der Waals surface area contributed by atoms with Gasteiger partial charge in [-0.15, -0.1) is 0 Å². The van der Waals surface area contributed by atoms with Crippen molar-refractivity contribution in [1.82, 2.24) is 0 Å². The van der Waals surface area contributed by atoms with E-state index in [9.17, 15) is 4.39 Å². The molecule has 4 heteroatoms. The smallest absolute Gasteiger partial charge is 0.125 e. The predicted octanol–water partition coefficient (Wildman–Crippen LogP) is 4.62. The van der Waals surface area contributed by atoms with Crippen molar-refractivity contribution >= 4 is 33.2 Å². The first-order valence-electron chi connectivity index (χ1n) is 5.73. The monoisotopic (exact) mass is 315 g/mol. The van der Waals surface area contributed by atoms with E-state index in [1.807, 2.05) is 0 Å². The van der Waals surface area contributed by atoms with Gasteiger partial charge in [-0.2, -0.15) is 0 Å². The number of hydrogen-bond donors (Lipinski definition) is 1. The van der Waals surface area contributed by atoms with E-state index in [1.54, 1.807) is 0 Å². The number of anilines is 1. The van der Waals surface area contributed by atoms with Gasteiger partial charge in [-0.25, -0.2) is 4.39 Å². The Labute approximate surface area is 113 Å². The minimum Gasteiger partial charge on any atom is -0.380 e. The van der Waals surface area contributed by atoms with Gasteiger partial charge in [-0.3, -0.25) is 0 Å². The lowest BCUT2D eigenvalue weighted by molar-refractivity contribution is 0.218. The largest absolute Gasteiger partial charge is 0.380 e. The van der Waals surface area contributed by atoms with Gasteiger partial charge in [0.05, 0.1) is 10.7 Å². The molecule has 0 bridgehead atoms. The lowest BCUT2D eigenvalue weighted by atomic mass is 9.71. The first-order chi connectivity index (χ1) is 8.15. The fourth-order valence-electron chi connectivity index (χ4n) is 2.75. The van der Waals surface area contributed by atoms with E-state index in [4.69, 9.17) is 11.6 Å². The third-order valence-corrected chi connectivity index (χ3v) is 4.62. The van der Waals surface area contributed by atoms with Crippen molar-refractivity contribution in [3.8, 4) is 0 Å². The Kier molecular flexibility index (Phi) is 2.91. The summed E-state index contributed by atoms with van der Waals surface area (Å²) in [6.07, 6.45) is 6.88. The van der Waals surface area contributed by atoms with E-state index < -0.39 is 0 Å².